The molecule has 3 heterocycles. The first-order chi connectivity index (χ1) is 12.1. The highest BCUT2D eigenvalue weighted by Crippen LogP contribution is 2.26. The summed E-state index contributed by atoms with van der Waals surface area (Å²) < 4.78 is 10.9. The summed E-state index contributed by atoms with van der Waals surface area (Å²) in [6.45, 7) is 6.97. The SMILES string of the molecule is CC1CN(C(=O)C2Cc3ccccc3C(=O)O2)CC1N1CCOCC1. The number of likely N-dealkylation sites (tertiary alicyclic amines) is 1. The number of cyclic esters (lactones) is 1. The van der Waals surface area contributed by atoms with Crippen molar-refractivity contribution >= 4 is 11.9 Å². The van der Waals surface area contributed by atoms with Crippen LogP contribution in [0.1, 0.15) is 22.8 Å². The number of morpholine rings is 1. The minimum atomic E-state index is -0.696. The summed E-state index contributed by atoms with van der Waals surface area (Å²) in [5.74, 6) is -0.0451. The van der Waals surface area contributed by atoms with E-state index in [-0.39, 0.29) is 5.91 Å². The van der Waals surface area contributed by atoms with Crippen molar-refractivity contribution in [2.24, 2.45) is 5.92 Å². The number of esters is 1. The zero-order valence-electron chi connectivity index (χ0n) is 14.5. The van der Waals surface area contributed by atoms with E-state index in [1.54, 1.807) is 6.07 Å². The number of fused-ring (bicyclic) bond motifs is 1. The van der Waals surface area contributed by atoms with Gasteiger partial charge in [0.05, 0.1) is 18.8 Å². The molecule has 25 heavy (non-hydrogen) atoms. The van der Waals surface area contributed by atoms with Crippen LogP contribution >= 0.6 is 0 Å². The van der Waals surface area contributed by atoms with Gasteiger partial charge in [-0.15, -0.1) is 0 Å². The maximum absolute atomic E-state index is 12.9. The van der Waals surface area contributed by atoms with Gasteiger partial charge in [0.1, 0.15) is 0 Å². The average Bonchev–Trinajstić information content (AvgIpc) is 3.03. The molecule has 0 saturated carbocycles. The summed E-state index contributed by atoms with van der Waals surface area (Å²) in [7, 11) is 0. The average molecular weight is 344 g/mol. The molecule has 1 amide bonds. The van der Waals surface area contributed by atoms with Crippen molar-refractivity contribution in [2.75, 3.05) is 39.4 Å². The van der Waals surface area contributed by atoms with Crippen LogP contribution in [-0.2, 0) is 20.7 Å². The molecule has 0 aromatic heterocycles. The molecule has 3 aliphatic rings. The lowest BCUT2D eigenvalue weighted by Gasteiger charge is -2.34. The third kappa shape index (κ3) is 3.16. The van der Waals surface area contributed by atoms with Crippen LogP contribution in [0.25, 0.3) is 0 Å². The summed E-state index contributed by atoms with van der Waals surface area (Å²) in [6, 6.07) is 7.73. The smallest absolute Gasteiger partial charge is 0.339 e. The van der Waals surface area contributed by atoms with Crippen LogP contribution in [0.15, 0.2) is 24.3 Å². The zero-order valence-corrected chi connectivity index (χ0v) is 14.5. The summed E-state index contributed by atoms with van der Waals surface area (Å²) in [5, 5.41) is 0. The molecule has 1 aromatic rings. The van der Waals surface area contributed by atoms with Crippen LogP contribution in [0, 0.1) is 5.92 Å². The maximum atomic E-state index is 12.9. The van der Waals surface area contributed by atoms with Crippen molar-refractivity contribution in [3.05, 3.63) is 35.4 Å². The van der Waals surface area contributed by atoms with E-state index in [2.05, 4.69) is 11.8 Å². The fourth-order valence-electron chi connectivity index (χ4n) is 4.19. The van der Waals surface area contributed by atoms with Gasteiger partial charge in [-0.05, 0) is 17.5 Å². The van der Waals surface area contributed by atoms with E-state index in [9.17, 15) is 9.59 Å². The number of carbonyl (C=O) groups excluding carboxylic acids is 2. The third-order valence-corrected chi connectivity index (χ3v) is 5.57. The van der Waals surface area contributed by atoms with Crippen LogP contribution in [-0.4, -0.2) is 73.2 Å². The van der Waals surface area contributed by atoms with Crippen LogP contribution in [0.2, 0.25) is 0 Å². The van der Waals surface area contributed by atoms with Gasteiger partial charge in [0.2, 0.25) is 0 Å². The van der Waals surface area contributed by atoms with E-state index in [0.717, 1.165) is 38.4 Å². The zero-order chi connectivity index (χ0) is 17.4. The Kier molecular flexibility index (Phi) is 4.48. The Balaban J connectivity index is 1.44. The van der Waals surface area contributed by atoms with Gasteiger partial charge in [0.25, 0.3) is 5.91 Å². The molecule has 6 nitrogen and oxygen atoms in total. The topological polar surface area (TPSA) is 59.1 Å². The number of amides is 1. The van der Waals surface area contributed by atoms with E-state index >= 15 is 0 Å². The van der Waals surface area contributed by atoms with E-state index in [4.69, 9.17) is 9.47 Å². The summed E-state index contributed by atoms with van der Waals surface area (Å²) in [5.41, 5.74) is 1.47. The Bertz CT molecular complexity index is 671. The van der Waals surface area contributed by atoms with E-state index in [1.165, 1.54) is 0 Å². The number of carbonyl (C=O) groups is 2. The second-order valence-electron chi connectivity index (χ2n) is 7.19. The van der Waals surface area contributed by atoms with Crippen LogP contribution in [0.5, 0.6) is 0 Å². The molecule has 6 heteroatoms. The molecule has 0 bridgehead atoms. The fraction of sp³-hybridized carbons (Fsp3) is 0.579. The summed E-state index contributed by atoms with van der Waals surface area (Å²) >= 11 is 0. The van der Waals surface area contributed by atoms with Crippen molar-refractivity contribution in [2.45, 2.75) is 25.5 Å². The van der Waals surface area contributed by atoms with E-state index < -0.39 is 12.1 Å². The first-order valence-corrected chi connectivity index (χ1v) is 9.03. The molecule has 134 valence electrons. The third-order valence-electron chi connectivity index (χ3n) is 5.57. The maximum Gasteiger partial charge on any atom is 0.339 e. The van der Waals surface area contributed by atoms with E-state index in [1.807, 2.05) is 23.1 Å². The van der Waals surface area contributed by atoms with Crippen molar-refractivity contribution in [1.82, 2.24) is 9.80 Å². The number of hydrogen-bond acceptors (Lipinski definition) is 5. The standard InChI is InChI=1S/C19H24N2O4/c1-13-11-21(12-16(13)20-6-8-24-9-7-20)18(22)17-10-14-4-2-3-5-15(14)19(23)25-17/h2-5,13,16-17H,6-12H2,1H3. The summed E-state index contributed by atoms with van der Waals surface area (Å²) in [4.78, 5) is 29.4. The van der Waals surface area contributed by atoms with Gasteiger partial charge in [-0.2, -0.15) is 0 Å². The molecule has 1 aromatic carbocycles. The fourth-order valence-corrected chi connectivity index (χ4v) is 4.19. The number of ether oxygens (including phenoxy) is 2. The Morgan fingerprint density at radius 3 is 2.72 bits per heavy atom. The van der Waals surface area contributed by atoms with Crippen LogP contribution in [0.4, 0.5) is 0 Å². The Labute approximate surface area is 147 Å². The molecule has 0 spiro atoms. The first kappa shape index (κ1) is 16.5. The van der Waals surface area contributed by atoms with Gasteiger partial charge in [0, 0.05) is 38.6 Å². The normalized spacial score (nSPS) is 30.0. The highest BCUT2D eigenvalue weighted by molar-refractivity contribution is 5.95. The highest BCUT2D eigenvalue weighted by atomic mass is 16.5. The molecule has 3 aliphatic heterocycles. The van der Waals surface area contributed by atoms with Gasteiger partial charge in [-0.3, -0.25) is 9.69 Å². The Morgan fingerprint density at radius 1 is 1.16 bits per heavy atom. The Hall–Kier alpha value is -1.92. The minimum Gasteiger partial charge on any atom is -0.448 e. The molecular formula is C19H24N2O4. The minimum absolute atomic E-state index is 0.0644. The molecular weight excluding hydrogens is 320 g/mol. The van der Waals surface area contributed by atoms with Crippen molar-refractivity contribution in [3.8, 4) is 0 Å². The lowest BCUT2D eigenvalue weighted by atomic mass is 9.98. The predicted molar refractivity (Wildman–Crippen MR) is 91.3 cm³/mol. The lowest BCUT2D eigenvalue weighted by Crippen LogP contribution is -2.48. The first-order valence-electron chi connectivity index (χ1n) is 9.03. The Morgan fingerprint density at radius 2 is 1.92 bits per heavy atom. The van der Waals surface area contributed by atoms with Crippen molar-refractivity contribution < 1.29 is 19.1 Å². The number of nitrogens with zero attached hydrogens (tertiary/aromatic N) is 2. The quantitative estimate of drug-likeness (QED) is 0.748. The second-order valence-corrected chi connectivity index (χ2v) is 7.19. The second kappa shape index (κ2) is 6.77. The largest absolute Gasteiger partial charge is 0.448 e. The number of rotatable bonds is 2. The number of benzene rings is 1. The molecule has 0 N–H and O–H groups in total. The lowest BCUT2D eigenvalue weighted by molar-refractivity contribution is -0.140. The summed E-state index contributed by atoms with van der Waals surface area (Å²) in [6.07, 6.45) is -0.230. The molecule has 3 atom stereocenters. The van der Waals surface area contributed by atoms with Crippen molar-refractivity contribution in [1.29, 1.82) is 0 Å². The van der Waals surface area contributed by atoms with Crippen LogP contribution in [0.3, 0.4) is 0 Å². The highest BCUT2D eigenvalue weighted by Gasteiger charge is 2.41. The van der Waals surface area contributed by atoms with Gasteiger partial charge >= 0.3 is 5.97 Å². The predicted octanol–water partition coefficient (Wildman–Crippen LogP) is 0.947. The van der Waals surface area contributed by atoms with Gasteiger partial charge < -0.3 is 14.4 Å². The molecule has 0 aliphatic carbocycles. The monoisotopic (exact) mass is 344 g/mol. The van der Waals surface area contributed by atoms with Crippen molar-refractivity contribution in [3.63, 3.8) is 0 Å². The van der Waals surface area contributed by atoms with Gasteiger partial charge in [-0.1, -0.05) is 25.1 Å². The van der Waals surface area contributed by atoms with Gasteiger partial charge in [-0.25, -0.2) is 4.79 Å². The molecule has 4 rings (SSSR count). The number of hydrogen-bond donors (Lipinski definition) is 0. The van der Waals surface area contributed by atoms with Gasteiger partial charge in [0.15, 0.2) is 6.10 Å². The molecule has 0 radical (unpaired) electrons. The molecule has 3 unspecified atom stereocenters. The molecule has 2 fully saturated rings. The van der Waals surface area contributed by atoms with E-state index in [0.29, 0.717) is 30.5 Å². The van der Waals surface area contributed by atoms with Crippen LogP contribution < -0.4 is 0 Å². The molecule has 2 saturated heterocycles.